The molecule has 2 aromatic carbocycles. The molecule has 2 aromatic rings. The third kappa shape index (κ3) is 5.30. The van der Waals surface area contributed by atoms with Crippen molar-refractivity contribution in [2.24, 2.45) is 0 Å². The minimum absolute atomic E-state index is 0.132. The van der Waals surface area contributed by atoms with E-state index in [-0.39, 0.29) is 5.78 Å². The molecule has 0 saturated heterocycles. The van der Waals surface area contributed by atoms with E-state index in [4.69, 9.17) is 11.6 Å². The molecule has 0 spiro atoms. The molecule has 2 rings (SSSR count). The van der Waals surface area contributed by atoms with Crippen molar-refractivity contribution in [1.29, 1.82) is 0 Å². The van der Waals surface area contributed by atoms with Crippen LogP contribution in [-0.2, 0) is 14.8 Å². The van der Waals surface area contributed by atoms with Gasteiger partial charge in [0.05, 0.1) is 11.9 Å². The summed E-state index contributed by atoms with van der Waals surface area (Å²) in [6, 6.07) is 12.6. The van der Waals surface area contributed by atoms with Crippen LogP contribution in [-0.4, -0.2) is 32.9 Å². The number of carbonyl (C=O) groups excluding carboxylic acids is 2. The highest BCUT2D eigenvalue weighted by atomic mass is 35.5. The van der Waals surface area contributed by atoms with E-state index in [1.807, 2.05) is 0 Å². The van der Waals surface area contributed by atoms with Gasteiger partial charge in [-0.25, -0.2) is 8.42 Å². The number of benzene rings is 2. The van der Waals surface area contributed by atoms with E-state index >= 15 is 0 Å². The summed E-state index contributed by atoms with van der Waals surface area (Å²) in [5.41, 5.74) is 1.16. The fourth-order valence-corrected chi connectivity index (χ4v) is 3.21. The Morgan fingerprint density at radius 2 is 1.80 bits per heavy atom. The van der Waals surface area contributed by atoms with Gasteiger partial charge in [-0.2, -0.15) is 0 Å². The van der Waals surface area contributed by atoms with Gasteiger partial charge in [0.15, 0.2) is 5.78 Å². The first-order valence-corrected chi connectivity index (χ1v) is 9.53. The molecule has 0 radical (unpaired) electrons. The lowest BCUT2D eigenvalue weighted by Gasteiger charge is -2.22. The van der Waals surface area contributed by atoms with Crippen molar-refractivity contribution in [2.75, 3.05) is 22.4 Å². The Morgan fingerprint density at radius 3 is 2.40 bits per heavy atom. The highest BCUT2D eigenvalue weighted by Crippen LogP contribution is 2.22. The molecule has 0 heterocycles. The predicted molar refractivity (Wildman–Crippen MR) is 98.7 cm³/mol. The molecule has 0 atom stereocenters. The fraction of sp³-hybridized carbons (Fsp3) is 0.176. The zero-order valence-electron chi connectivity index (χ0n) is 13.7. The Morgan fingerprint density at radius 1 is 1.12 bits per heavy atom. The van der Waals surface area contributed by atoms with E-state index in [2.05, 4.69) is 5.32 Å². The number of ketones is 1. The lowest BCUT2D eigenvalue weighted by atomic mass is 10.1. The van der Waals surface area contributed by atoms with Crippen molar-refractivity contribution in [3.8, 4) is 0 Å². The smallest absolute Gasteiger partial charge is 0.245 e. The summed E-state index contributed by atoms with van der Waals surface area (Å²) in [6.45, 7) is 1.01. The van der Waals surface area contributed by atoms with Gasteiger partial charge in [-0.3, -0.25) is 13.9 Å². The van der Waals surface area contributed by atoms with Gasteiger partial charge >= 0.3 is 0 Å². The molecule has 1 amide bonds. The van der Waals surface area contributed by atoms with E-state index in [0.717, 1.165) is 10.6 Å². The number of halogens is 1. The molecular formula is C17H17ClN2O4S. The number of anilines is 2. The van der Waals surface area contributed by atoms with Crippen molar-refractivity contribution < 1.29 is 18.0 Å². The Balaban J connectivity index is 2.21. The highest BCUT2D eigenvalue weighted by Gasteiger charge is 2.21. The number of nitrogens with zero attached hydrogens (tertiary/aromatic N) is 1. The Labute approximate surface area is 151 Å². The van der Waals surface area contributed by atoms with Gasteiger partial charge < -0.3 is 5.32 Å². The maximum absolute atomic E-state index is 12.3. The molecule has 6 nitrogen and oxygen atoms in total. The van der Waals surface area contributed by atoms with Gasteiger partial charge in [-0.1, -0.05) is 29.8 Å². The van der Waals surface area contributed by atoms with Crippen LogP contribution in [0, 0.1) is 0 Å². The summed E-state index contributed by atoms with van der Waals surface area (Å²) in [6.07, 6.45) is 1.01. The number of carbonyl (C=O) groups is 2. The Kier molecular flexibility index (Phi) is 5.81. The van der Waals surface area contributed by atoms with Gasteiger partial charge in [-0.15, -0.1) is 0 Å². The fourth-order valence-electron chi connectivity index (χ4n) is 2.18. The Bertz CT molecular complexity index is 912. The zero-order chi connectivity index (χ0) is 18.6. The maximum Gasteiger partial charge on any atom is 0.245 e. The van der Waals surface area contributed by atoms with Crippen molar-refractivity contribution in [2.45, 2.75) is 6.92 Å². The van der Waals surface area contributed by atoms with Gasteiger partial charge in [0.25, 0.3) is 0 Å². The average Bonchev–Trinajstić information content (AvgIpc) is 2.51. The largest absolute Gasteiger partial charge is 0.324 e. The molecule has 0 fully saturated rings. The summed E-state index contributed by atoms with van der Waals surface area (Å²) >= 11 is 5.90. The number of hydrogen-bond donors (Lipinski definition) is 1. The van der Waals surface area contributed by atoms with Crippen molar-refractivity contribution in [3.63, 3.8) is 0 Å². The third-order valence-electron chi connectivity index (χ3n) is 3.34. The van der Waals surface area contributed by atoms with E-state index in [1.54, 1.807) is 36.4 Å². The maximum atomic E-state index is 12.3. The van der Waals surface area contributed by atoms with Crippen LogP contribution in [0.4, 0.5) is 11.4 Å². The number of Topliss-reactive ketones (excluding diaryl/α,β-unsaturated/α-hetero) is 1. The van der Waals surface area contributed by atoms with Crippen molar-refractivity contribution in [1.82, 2.24) is 0 Å². The van der Waals surface area contributed by atoms with Crippen LogP contribution in [0.3, 0.4) is 0 Å². The van der Waals surface area contributed by atoms with Gasteiger partial charge in [0, 0.05) is 16.3 Å². The Hall–Kier alpha value is -2.38. The number of rotatable bonds is 6. The van der Waals surface area contributed by atoms with Crippen LogP contribution in [0.5, 0.6) is 0 Å². The molecule has 0 aliphatic heterocycles. The number of sulfonamides is 1. The van der Waals surface area contributed by atoms with Crippen LogP contribution < -0.4 is 9.62 Å². The summed E-state index contributed by atoms with van der Waals surface area (Å²) in [4.78, 5) is 23.7. The number of hydrogen-bond acceptors (Lipinski definition) is 4. The van der Waals surface area contributed by atoms with Crippen LogP contribution in [0.25, 0.3) is 0 Å². The topological polar surface area (TPSA) is 83.6 Å². The van der Waals surface area contributed by atoms with Crippen LogP contribution in [0.2, 0.25) is 5.02 Å². The molecule has 0 unspecified atom stereocenters. The predicted octanol–water partition coefficient (Wildman–Crippen LogP) is 2.95. The molecule has 0 aliphatic carbocycles. The standard InChI is InChI=1S/C17H17ClN2O4S/c1-12(21)13-5-3-7-15(9-13)19-17(22)11-20(25(2,23)24)16-8-4-6-14(18)10-16/h3-10H,11H2,1-2H3,(H,19,22). The van der Waals surface area contributed by atoms with Gasteiger partial charge in [0.2, 0.25) is 15.9 Å². The number of amides is 1. The number of nitrogens with one attached hydrogen (secondary N) is 1. The molecule has 8 heteroatoms. The average molecular weight is 381 g/mol. The second-order valence-corrected chi connectivity index (χ2v) is 7.78. The minimum Gasteiger partial charge on any atom is -0.324 e. The molecule has 0 saturated carbocycles. The van der Waals surface area contributed by atoms with E-state index < -0.39 is 22.5 Å². The van der Waals surface area contributed by atoms with E-state index in [0.29, 0.717) is 22.0 Å². The molecule has 0 aromatic heterocycles. The van der Waals surface area contributed by atoms with E-state index in [9.17, 15) is 18.0 Å². The second-order valence-electron chi connectivity index (χ2n) is 5.43. The third-order valence-corrected chi connectivity index (χ3v) is 4.71. The second kappa shape index (κ2) is 7.67. The summed E-state index contributed by atoms with van der Waals surface area (Å²) in [7, 11) is -3.68. The van der Waals surface area contributed by atoms with Crippen LogP contribution in [0.15, 0.2) is 48.5 Å². The van der Waals surface area contributed by atoms with Crippen LogP contribution >= 0.6 is 11.6 Å². The lowest BCUT2D eigenvalue weighted by Crippen LogP contribution is -2.37. The molecule has 25 heavy (non-hydrogen) atoms. The van der Waals surface area contributed by atoms with E-state index in [1.165, 1.54) is 19.1 Å². The van der Waals surface area contributed by atoms with Gasteiger partial charge in [-0.05, 0) is 37.3 Å². The molecular weight excluding hydrogens is 364 g/mol. The lowest BCUT2D eigenvalue weighted by molar-refractivity contribution is -0.114. The first-order valence-electron chi connectivity index (χ1n) is 7.31. The first kappa shape index (κ1) is 19.0. The molecule has 1 N–H and O–H groups in total. The highest BCUT2D eigenvalue weighted by molar-refractivity contribution is 7.92. The zero-order valence-corrected chi connectivity index (χ0v) is 15.3. The summed E-state index contributed by atoms with van der Waals surface area (Å²) < 4.78 is 25.0. The van der Waals surface area contributed by atoms with Crippen LogP contribution in [0.1, 0.15) is 17.3 Å². The SMILES string of the molecule is CC(=O)c1cccc(NC(=O)CN(c2cccc(Cl)c2)S(C)(=O)=O)c1. The minimum atomic E-state index is -3.68. The van der Waals surface area contributed by atoms with Crippen molar-refractivity contribution >= 4 is 44.7 Å². The summed E-state index contributed by atoms with van der Waals surface area (Å²) in [5.74, 6) is -0.668. The molecule has 0 bridgehead atoms. The molecule has 132 valence electrons. The molecule has 0 aliphatic rings. The summed E-state index contributed by atoms with van der Waals surface area (Å²) in [5, 5.41) is 2.96. The first-order chi connectivity index (χ1) is 11.7. The van der Waals surface area contributed by atoms with Gasteiger partial charge in [0.1, 0.15) is 6.54 Å². The quantitative estimate of drug-likeness (QED) is 0.781. The monoisotopic (exact) mass is 380 g/mol. The normalized spacial score (nSPS) is 11.0. The van der Waals surface area contributed by atoms with Crippen molar-refractivity contribution in [3.05, 3.63) is 59.1 Å².